The summed E-state index contributed by atoms with van der Waals surface area (Å²) in [5, 5.41) is 14.9. The van der Waals surface area contributed by atoms with Gasteiger partial charge < -0.3 is 4.74 Å². The van der Waals surface area contributed by atoms with Crippen molar-refractivity contribution in [2.75, 3.05) is 4.90 Å². The van der Waals surface area contributed by atoms with Crippen LogP contribution in [0.3, 0.4) is 0 Å². The van der Waals surface area contributed by atoms with Crippen molar-refractivity contribution < 1.29 is 24.0 Å². The number of fused-ring (bicyclic) bond motifs is 1. The summed E-state index contributed by atoms with van der Waals surface area (Å²) in [5.74, 6) is -1.25. The Morgan fingerprint density at radius 3 is 2.47 bits per heavy atom. The number of halogens is 1. The number of anilines is 1. The minimum Gasteiger partial charge on any atom is -0.488 e. The molecule has 188 valence electrons. The van der Waals surface area contributed by atoms with Crippen molar-refractivity contribution in [3.05, 3.63) is 116 Å². The van der Waals surface area contributed by atoms with E-state index in [-0.39, 0.29) is 17.9 Å². The maximum Gasteiger partial charge on any atom is 0.335 e. The van der Waals surface area contributed by atoms with E-state index in [4.69, 9.17) is 4.74 Å². The van der Waals surface area contributed by atoms with E-state index < -0.39 is 22.8 Å². The van der Waals surface area contributed by atoms with Gasteiger partial charge in [-0.05, 0) is 52.7 Å². The number of nitrogens with zero attached hydrogens (tertiary/aromatic N) is 2. The van der Waals surface area contributed by atoms with Gasteiger partial charge in [0.25, 0.3) is 17.5 Å². The van der Waals surface area contributed by atoms with Crippen LogP contribution in [0, 0.1) is 10.1 Å². The Balaban J connectivity index is 1.56. The van der Waals surface area contributed by atoms with Crippen molar-refractivity contribution in [1.82, 2.24) is 5.32 Å². The van der Waals surface area contributed by atoms with Crippen molar-refractivity contribution >= 4 is 62.0 Å². The van der Waals surface area contributed by atoms with Gasteiger partial charge >= 0.3 is 6.03 Å². The Hall–Kier alpha value is -4.83. The quantitative estimate of drug-likeness (QED) is 0.136. The third-order valence-corrected chi connectivity index (χ3v) is 6.45. The average Bonchev–Trinajstić information content (AvgIpc) is 2.91. The molecule has 10 heteroatoms. The standard InChI is InChI=1S/C28H18BrN3O6/c29-19-9-11-20(12-10-19)31-27(34)24(26(33)30-28(31)35)15-23-22-7-2-1-5-18(22)8-13-25(23)38-16-17-4-3-6-21(14-17)32(36)37/h1-15H,16H2,(H,30,33,35)/b24-15+. The molecule has 0 bridgehead atoms. The van der Waals surface area contributed by atoms with Crippen LogP contribution in [0.2, 0.25) is 0 Å². The van der Waals surface area contributed by atoms with Crippen LogP contribution >= 0.6 is 15.9 Å². The summed E-state index contributed by atoms with van der Waals surface area (Å²) in [6, 6.07) is 22.7. The molecular formula is C28H18BrN3O6. The van der Waals surface area contributed by atoms with Crippen LogP contribution in [0.1, 0.15) is 11.1 Å². The summed E-state index contributed by atoms with van der Waals surface area (Å²) in [6.07, 6.45) is 1.40. The molecule has 0 saturated carbocycles. The highest BCUT2D eigenvalue weighted by atomic mass is 79.9. The van der Waals surface area contributed by atoms with E-state index in [0.29, 0.717) is 28.0 Å². The number of imide groups is 2. The van der Waals surface area contributed by atoms with Gasteiger partial charge in [-0.1, -0.05) is 58.4 Å². The number of non-ortho nitro benzene ring substituents is 1. The molecule has 0 spiro atoms. The number of nitrogens with one attached hydrogen (secondary N) is 1. The minimum absolute atomic E-state index is 0.0137. The monoisotopic (exact) mass is 571 g/mol. The van der Waals surface area contributed by atoms with Crippen molar-refractivity contribution in [2.45, 2.75) is 6.61 Å². The van der Waals surface area contributed by atoms with Gasteiger partial charge in [0.05, 0.1) is 10.6 Å². The van der Waals surface area contributed by atoms with Gasteiger partial charge in [0.15, 0.2) is 0 Å². The fraction of sp³-hybridized carbons (Fsp3) is 0.0357. The number of carbonyl (C=O) groups excluding carboxylic acids is 3. The molecule has 1 fully saturated rings. The molecule has 0 aromatic heterocycles. The molecule has 1 heterocycles. The SMILES string of the molecule is O=C1NC(=O)N(c2ccc(Br)cc2)C(=O)/C1=C/c1c(OCc2cccc([N+](=O)[O-])c2)ccc2ccccc12. The lowest BCUT2D eigenvalue weighted by Gasteiger charge is -2.26. The smallest absolute Gasteiger partial charge is 0.335 e. The first kappa shape index (κ1) is 24.8. The second kappa shape index (κ2) is 10.3. The first-order valence-corrected chi connectivity index (χ1v) is 12.2. The lowest BCUT2D eigenvalue weighted by Crippen LogP contribution is -2.54. The van der Waals surface area contributed by atoms with Crippen molar-refractivity contribution in [3.8, 4) is 5.75 Å². The van der Waals surface area contributed by atoms with Crippen LogP contribution in [-0.4, -0.2) is 22.8 Å². The van der Waals surface area contributed by atoms with Crippen molar-refractivity contribution in [2.24, 2.45) is 0 Å². The van der Waals surface area contributed by atoms with Gasteiger partial charge in [0.1, 0.15) is 17.9 Å². The number of urea groups is 1. The lowest BCUT2D eigenvalue weighted by molar-refractivity contribution is -0.384. The number of rotatable bonds is 6. The second-order valence-corrected chi connectivity index (χ2v) is 9.26. The van der Waals surface area contributed by atoms with Crippen LogP contribution in [-0.2, 0) is 16.2 Å². The molecule has 0 atom stereocenters. The number of hydrogen-bond acceptors (Lipinski definition) is 6. The maximum atomic E-state index is 13.4. The van der Waals surface area contributed by atoms with Gasteiger partial charge in [-0.3, -0.25) is 25.0 Å². The van der Waals surface area contributed by atoms with Gasteiger partial charge in [0.2, 0.25) is 0 Å². The Morgan fingerprint density at radius 1 is 0.947 bits per heavy atom. The number of carbonyl (C=O) groups is 3. The van der Waals surface area contributed by atoms with Crippen LogP contribution in [0.4, 0.5) is 16.2 Å². The summed E-state index contributed by atoms with van der Waals surface area (Å²) in [6.45, 7) is 0.0137. The van der Waals surface area contributed by atoms with E-state index in [9.17, 15) is 24.5 Å². The predicted octanol–water partition coefficient (Wildman–Crippen LogP) is 5.76. The zero-order valence-corrected chi connectivity index (χ0v) is 21.2. The van der Waals surface area contributed by atoms with E-state index in [1.54, 1.807) is 42.5 Å². The highest BCUT2D eigenvalue weighted by Crippen LogP contribution is 2.32. The molecule has 0 unspecified atom stereocenters. The number of ether oxygens (including phenoxy) is 1. The average molecular weight is 572 g/mol. The molecule has 0 aliphatic carbocycles. The number of nitro benzene ring substituents is 1. The van der Waals surface area contributed by atoms with Gasteiger partial charge in [-0.25, -0.2) is 9.69 Å². The molecule has 9 nitrogen and oxygen atoms in total. The highest BCUT2D eigenvalue weighted by molar-refractivity contribution is 9.10. The van der Waals surface area contributed by atoms with Crippen LogP contribution in [0.5, 0.6) is 5.75 Å². The molecule has 1 aliphatic rings. The normalized spacial score (nSPS) is 14.6. The van der Waals surface area contributed by atoms with E-state index in [1.807, 2.05) is 30.3 Å². The van der Waals surface area contributed by atoms with Crippen LogP contribution in [0.25, 0.3) is 16.8 Å². The molecule has 1 N–H and O–H groups in total. The predicted molar refractivity (Wildman–Crippen MR) is 145 cm³/mol. The van der Waals surface area contributed by atoms with Crippen molar-refractivity contribution in [1.29, 1.82) is 0 Å². The van der Waals surface area contributed by atoms with E-state index in [0.717, 1.165) is 14.8 Å². The molecular weight excluding hydrogens is 554 g/mol. The number of barbiturate groups is 1. The summed E-state index contributed by atoms with van der Waals surface area (Å²) in [7, 11) is 0. The summed E-state index contributed by atoms with van der Waals surface area (Å²) >= 11 is 3.32. The molecule has 4 aromatic carbocycles. The fourth-order valence-corrected chi connectivity index (χ4v) is 4.36. The van der Waals surface area contributed by atoms with Gasteiger partial charge in [0, 0.05) is 22.2 Å². The molecule has 4 amide bonds. The van der Waals surface area contributed by atoms with Gasteiger partial charge in [-0.2, -0.15) is 0 Å². The number of hydrogen-bond donors (Lipinski definition) is 1. The molecule has 4 aromatic rings. The summed E-state index contributed by atoms with van der Waals surface area (Å²) in [4.78, 5) is 50.4. The van der Waals surface area contributed by atoms with Gasteiger partial charge in [-0.15, -0.1) is 0 Å². The Bertz CT molecular complexity index is 1650. The first-order chi connectivity index (χ1) is 18.3. The maximum absolute atomic E-state index is 13.4. The van der Waals surface area contributed by atoms with E-state index >= 15 is 0 Å². The highest BCUT2D eigenvalue weighted by Gasteiger charge is 2.37. The Morgan fingerprint density at radius 2 is 1.71 bits per heavy atom. The van der Waals surface area contributed by atoms with Crippen LogP contribution in [0.15, 0.2) is 95.0 Å². The molecule has 38 heavy (non-hydrogen) atoms. The zero-order valence-electron chi connectivity index (χ0n) is 19.6. The second-order valence-electron chi connectivity index (χ2n) is 8.35. The van der Waals surface area contributed by atoms with E-state index in [1.165, 1.54) is 18.2 Å². The number of benzene rings is 4. The van der Waals surface area contributed by atoms with E-state index in [2.05, 4.69) is 21.2 Å². The van der Waals surface area contributed by atoms with Crippen molar-refractivity contribution in [3.63, 3.8) is 0 Å². The topological polar surface area (TPSA) is 119 Å². The summed E-state index contributed by atoms with van der Waals surface area (Å²) < 4.78 is 6.79. The Labute approximate surface area is 224 Å². The lowest BCUT2D eigenvalue weighted by atomic mass is 9.99. The third kappa shape index (κ3) is 4.89. The molecule has 0 radical (unpaired) electrons. The van der Waals surface area contributed by atoms with Crippen LogP contribution < -0.4 is 15.0 Å². The first-order valence-electron chi connectivity index (χ1n) is 11.4. The Kier molecular flexibility index (Phi) is 6.71. The molecule has 1 aliphatic heterocycles. The number of nitro groups is 1. The minimum atomic E-state index is -0.848. The zero-order chi connectivity index (χ0) is 26.8. The third-order valence-electron chi connectivity index (χ3n) is 5.92. The largest absolute Gasteiger partial charge is 0.488 e. The summed E-state index contributed by atoms with van der Waals surface area (Å²) in [5.41, 5.74) is 1.02. The fourth-order valence-electron chi connectivity index (χ4n) is 4.10. The number of amides is 4. The molecule has 5 rings (SSSR count). The molecule has 1 saturated heterocycles.